The largest absolute Gasteiger partial charge is 0.397 e. The van der Waals surface area contributed by atoms with Gasteiger partial charge in [0, 0.05) is 31.5 Å². The van der Waals surface area contributed by atoms with Crippen molar-refractivity contribution in [3.05, 3.63) is 35.9 Å². The molecule has 1 aliphatic rings. The summed E-state index contributed by atoms with van der Waals surface area (Å²) in [5, 5.41) is 6.14. The molecular formula is C14H17N5O. The van der Waals surface area contributed by atoms with E-state index in [1.54, 1.807) is 6.20 Å². The Kier molecular flexibility index (Phi) is 3.06. The predicted octanol–water partition coefficient (Wildman–Crippen LogP) is 1.50. The van der Waals surface area contributed by atoms with E-state index >= 15 is 0 Å². The third-order valence-corrected chi connectivity index (χ3v) is 3.53. The van der Waals surface area contributed by atoms with E-state index in [4.69, 9.17) is 5.73 Å². The summed E-state index contributed by atoms with van der Waals surface area (Å²) in [6, 6.07) is 3.82. The standard InChI is InChI=1S/C14H17N5O/c1-19-5-4-16-13(19)8-17-12-7-11-9(6-10(12)15)2-3-14(20)18-11/h4-7,17H,2-3,8,15H2,1H3,(H,18,20). The van der Waals surface area contributed by atoms with Gasteiger partial charge in [-0.3, -0.25) is 4.79 Å². The van der Waals surface area contributed by atoms with Crippen molar-refractivity contribution in [1.29, 1.82) is 0 Å². The summed E-state index contributed by atoms with van der Waals surface area (Å²) in [7, 11) is 1.94. The number of amides is 1. The van der Waals surface area contributed by atoms with Crippen LogP contribution in [0.25, 0.3) is 0 Å². The Morgan fingerprint density at radius 3 is 3.05 bits per heavy atom. The molecule has 0 radical (unpaired) electrons. The van der Waals surface area contributed by atoms with Crippen LogP contribution in [0.1, 0.15) is 17.8 Å². The van der Waals surface area contributed by atoms with Crippen LogP contribution in [-0.2, 0) is 24.8 Å². The number of hydrogen-bond acceptors (Lipinski definition) is 4. The first-order valence-electron chi connectivity index (χ1n) is 6.56. The molecule has 0 aliphatic carbocycles. The molecule has 6 nitrogen and oxygen atoms in total. The Labute approximate surface area is 117 Å². The van der Waals surface area contributed by atoms with Gasteiger partial charge < -0.3 is 20.9 Å². The number of hydrogen-bond donors (Lipinski definition) is 3. The number of aryl methyl sites for hydroxylation is 2. The first-order chi connectivity index (χ1) is 9.63. The van der Waals surface area contributed by atoms with Gasteiger partial charge in [0.2, 0.25) is 5.91 Å². The summed E-state index contributed by atoms with van der Waals surface area (Å²) in [6.45, 7) is 0.584. The molecule has 1 aromatic carbocycles. The van der Waals surface area contributed by atoms with Gasteiger partial charge in [0.1, 0.15) is 5.82 Å². The lowest BCUT2D eigenvalue weighted by atomic mass is 10.0. The molecule has 0 spiro atoms. The summed E-state index contributed by atoms with van der Waals surface area (Å²) in [6.07, 6.45) is 4.92. The van der Waals surface area contributed by atoms with E-state index in [0.29, 0.717) is 18.7 Å². The van der Waals surface area contributed by atoms with Crippen molar-refractivity contribution in [2.24, 2.45) is 7.05 Å². The van der Waals surface area contributed by atoms with Crippen LogP contribution < -0.4 is 16.4 Å². The molecule has 0 bridgehead atoms. The Morgan fingerprint density at radius 2 is 2.30 bits per heavy atom. The second kappa shape index (κ2) is 4.88. The highest BCUT2D eigenvalue weighted by Crippen LogP contribution is 2.31. The minimum absolute atomic E-state index is 0.0531. The maximum absolute atomic E-state index is 11.4. The van der Waals surface area contributed by atoms with Gasteiger partial charge in [0.25, 0.3) is 0 Å². The van der Waals surface area contributed by atoms with E-state index in [-0.39, 0.29) is 5.91 Å². The molecule has 2 heterocycles. The van der Waals surface area contributed by atoms with Crippen LogP contribution in [-0.4, -0.2) is 15.5 Å². The van der Waals surface area contributed by atoms with Gasteiger partial charge >= 0.3 is 0 Å². The molecule has 104 valence electrons. The number of nitrogen functional groups attached to an aromatic ring is 1. The number of carbonyl (C=O) groups excluding carboxylic acids is 1. The third kappa shape index (κ3) is 2.32. The smallest absolute Gasteiger partial charge is 0.224 e. The number of nitrogens with one attached hydrogen (secondary N) is 2. The lowest BCUT2D eigenvalue weighted by molar-refractivity contribution is -0.116. The molecule has 0 atom stereocenters. The van der Waals surface area contributed by atoms with Crippen LogP contribution in [0.15, 0.2) is 24.5 Å². The number of fused-ring (bicyclic) bond motifs is 1. The van der Waals surface area contributed by atoms with Crippen molar-refractivity contribution in [1.82, 2.24) is 9.55 Å². The Hall–Kier alpha value is -2.50. The molecule has 20 heavy (non-hydrogen) atoms. The van der Waals surface area contributed by atoms with Crippen LogP contribution in [0.3, 0.4) is 0 Å². The summed E-state index contributed by atoms with van der Waals surface area (Å²) in [4.78, 5) is 15.7. The van der Waals surface area contributed by atoms with E-state index in [0.717, 1.165) is 29.2 Å². The van der Waals surface area contributed by atoms with Crippen molar-refractivity contribution in [3.63, 3.8) is 0 Å². The van der Waals surface area contributed by atoms with Crippen LogP contribution in [0.5, 0.6) is 0 Å². The second-order valence-electron chi connectivity index (χ2n) is 4.95. The van der Waals surface area contributed by atoms with Crippen LogP contribution in [0.2, 0.25) is 0 Å². The van der Waals surface area contributed by atoms with Crippen molar-refractivity contribution in [2.45, 2.75) is 19.4 Å². The lowest BCUT2D eigenvalue weighted by Gasteiger charge is -2.19. The molecule has 1 amide bonds. The summed E-state index contributed by atoms with van der Waals surface area (Å²) in [5.74, 6) is 0.975. The van der Waals surface area contributed by atoms with E-state index < -0.39 is 0 Å². The van der Waals surface area contributed by atoms with Crippen LogP contribution in [0, 0.1) is 0 Å². The van der Waals surface area contributed by atoms with Crippen LogP contribution >= 0.6 is 0 Å². The minimum atomic E-state index is 0.0531. The monoisotopic (exact) mass is 271 g/mol. The number of nitrogens with zero attached hydrogens (tertiary/aromatic N) is 2. The normalized spacial score (nSPS) is 13.8. The summed E-state index contributed by atoms with van der Waals surface area (Å²) >= 11 is 0. The van der Waals surface area contributed by atoms with Gasteiger partial charge in [-0.15, -0.1) is 0 Å². The number of imidazole rings is 1. The van der Waals surface area contributed by atoms with Crippen molar-refractivity contribution in [3.8, 4) is 0 Å². The Balaban J connectivity index is 1.81. The fourth-order valence-corrected chi connectivity index (χ4v) is 2.34. The first-order valence-corrected chi connectivity index (χ1v) is 6.56. The molecule has 1 aromatic heterocycles. The minimum Gasteiger partial charge on any atom is -0.397 e. The average Bonchev–Trinajstić information content (AvgIpc) is 2.82. The molecule has 0 saturated heterocycles. The predicted molar refractivity (Wildman–Crippen MR) is 78.3 cm³/mol. The molecular weight excluding hydrogens is 254 g/mol. The van der Waals surface area contributed by atoms with E-state index in [1.165, 1.54) is 0 Å². The number of aromatic nitrogens is 2. The molecule has 0 unspecified atom stereocenters. The molecule has 6 heteroatoms. The van der Waals surface area contributed by atoms with E-state index in [2.05, 4.69) is 15.6 Å². The highest BCUT2D eigenvalue weighted by molar-refractivity contribution is 5.95. The van der Waals surface area contributed by atoms with Gasteiger partial charge in [-0.05, 0) is 24.1 Å². The number of rotatable bonds is 3. The zero-order chi connectivity index (χ0) is 14.1. The van der Waals surface area contributed by atoms with Gasteiger partial charge in [-0.2, -0.15) is 0 Å². The molecule has 0 fully saturated rings. The number of carbonyl (C=O) groups is 1. The van der Waals surface area contributed by atoms with E-state index in [9.17, 15) is 4.79 Å². The molecule has 0 saturated carbocycles. The first kappa shape index (κ1) is 12.5. The number of nitrogens with two attached hydrogens (primary N) is 1. The quantitative estimate of drug-likeness (QED) is 0.738. The van der Waals surface area contributed by atoms with Crippen molar-refractivity contribution >= 4 is 23.0 Å². The van der Waals surface area contributed by atoms with E-state index in [1.807, 2.05) is 29.9 Å². The number of benzene rings is 1. The zero-order valence-electron chi connectivity index (χ0n) is 11.3. The van der Waals surface area contributed by atoms with Gasteiger partial charge in [0.15, 0.2) is 0 Å². The fourth-order valence-electron chi connectivity index (χ4n) is 2.34. The fraction of sp³-hybridized carbons (Fsp3) is 0.286. The second-order valence-corrected chi connectivity index (χ2v) is 4.95. The summed E-state index contributed by atoms with van der Waals surface area (Å²) < 4.78 is 1.95. The summed E-state index contributed by atoms with van der Waals surface area (Å²) in [5.41, 5.74) is 9.49. The SMILES string of the molecule is Cn1ccnc1CNc1cc2c(cc1N)CCC(=O)N2. The highest BCUT2D eigenvalue weighted by atomic mass is 16.1. The van der Waals surface area contributed by atoms with Gasteiger partial charge in [0.05, 0.1) is 17.9 Å². The average molecular weight is 271 g/mol. The van der Waals surface area contributed by atoms with Gasteiger partial charge in [-0.1, -0.05) is 0 Å². The zero-order valence-corrected chi connectivity index (χ0v) is 11.3. The topological polar surface area (TPSA) is 85.0 Å². The Morgan fingerprint density at radius 1 is 1.45 bits per heavy atom. The molecule has 3 rings (SSSR count). The van der Waals surface area contributed by atoms with Gasteiger partial charge in [-0.25, -0.2) is 4.98 Å². The van der Waals surface area contributed by atoms with Crippen LogP contribution in [0.4, 0.5) is 17.1 Å². The highest BCUT2D eigenvalue weighted by Gasteiger charge is 2.16. The third-order valence-electron chi connectivity index (χ3n) is 3.53. The maximum atomic E-state index is 11.4. The van der Waals surface area contributed by atoms with Crippen molar-refractivity contribution in [2.75, 3.05) is 16.4 Å². The molecule has 1 aliphatic heterocycles. The Bertz CT molecular complexity index is 662. The maximum Gasteiger partial charge on any atom is 0.224 e. The molecule has 2 aromatic rings. The lowest BCUT2D eigenvalue weighted by Crippen LogP contribution is -2.19. The number of anilines is 3. The molecule has 4 N–H and O–H groups in total. The van der Waals surface area contributed by atoms with Crippen molar-refractivity contribution < 1.29 is 4.79 Å².